The van der Waals surface area contributed by atoms with E-state index in [4.69, 9.17) is 0 Å². The van der Waals surface area contributed by atoms with Gasteiger partial charge in [0.05, 0.1) is 4.92 Å². The molecule has 6 nitrogen and oxygen atoms in total. The Bertz CT molecular complexity index is 487. The van der Waals surface area contributed by atoms with Crippen molar-refractivity contribution in [3.63, 3.8) is 0 Å². The third-order valence-electron chi connectivity index (χ3n) is 3.06. The molecule has 2 rings (SSSR count). The van der Waals surface area contributed by atoms with Crippen LogP contribution in [0.15, 0.2) is 18.2 Å². The van der Waals surface area contributed by atoms with Gasteiger partial charge in [-0.15, -0.1) is 12.4 Å². The van der Waals surface area contributed by atoms with Crippen LogP contribution in [0.5, 0.6) is 0 Å². The summed E-state index contributed by atoms with van der Waals surface area (Å²) >= 11 is 0. The fourth-order valence-electron chi connectivity index (χ4n) is 1.99. The molecule has 0 saturated carbocycles. The number of carbonyl (C=O) groups is 1. The standard InChI is InChI=1S/C12H15N3O3.ClH/c1-9-2-3-10(8-11(9)15(17)18)12(16)14-6-4-13-5-7-14;/h2-3,8,13H,4-7H2,1H3;1H. The molecule has 0 aliphatic carbocycles. The first-order chi connectivity index (χ1) is 8.59. The summed E-state index contributed by atoms with van der Waals surface area (Å²) in [6.45, 7) is 4.47. The third kappa shape index (κ3) is 3.42. The Kier molecular flexibility index (Phi) is 5.26. The highest BCUT2D eigenvalue weighted by atomic mass is 35.5. The molecule has 0 spiro atoms. The van der Waals surface area contributed by atoms with Crippen molar-refractivity contribution in [1.29, 1.82) is 0 Å². The average Bonchev–Trinajstić information content (AvgIpc) is 2.39. The van der Waals surface area contributed by atoms with E-state index in [2.05, 4.69) is 5.32 Å². The first kappa shape index (κ1) is 15.4. The molecule has 1 heterocycles. The minimum atomic E-state index is -0.454. The minimum Gasteiger partial charge on any atom is -0.336 e. The number of piperazine rings is 1. The molecule has 104 valence electrons. The van der Waals surface area contributed by atoms with Gasteiger partial charge in [0.15, 0.2) is 0 Å². The maximum Gasteiger partial charge on any atom is 0.273 e. The number of carbonyl (C=O) groups excluding carboxylic acids is 1. The van der Waals surface area contributed by atoms with Crippen LogP contribution in [0.4, 0.5) is 5.69 Å². The number of benzene rings is 1. The number of nitrogens with one attached hydrogen (secondary N) is 1. The summed E-state index contributed by atoms with van der Waals surface area (Å²) in [6.07, 6.45) is 0. The molecule has 1 amide bonds. The maximum absolute atomic E-state index is 12.2. The predicted molar refractivity (Wildman–Crippen MR) is 73.9 cm³/mol. The lowest BCUT2D eigenvalue weighted by Gasteiger charge is -2.27. The van der Waals surface area contributed by atoms with Crippen molar-refractivity contribution >= 4 is 24.0 Å². The van der Waals surface area contributed by atoms with E-state index in [-0.39, 0.29) is 24.0 Å². The van der Waals surface area contributed by atoms with Gasteiger partial charge in [-0.25, -0.2) is 0 Å². The van der Waals surface area contributed by atoms with Crippen LogP contribution in [-0.4, -0.2) is 41.9 Å². The van der Waals surface area contributed by atoms with Crippen molar-refractivity contribution < 1.29 is 9.72 Å². The van der Waals surface area contributed by atoms with E-state index in [1.807, 2.05) is 0 Å². The van der Waals surface area contributed by atoms with E-state index >= 15 is 0 Å². The number of hydrogen-bond donors (Lipinski definition) is 1. The lowest BCUT2D eigenvalue weighted by molar-refractivity contribution is -0.385. The summed E-state index contributed by atoms with van der Waals surface area (Å²) in [6, 6.07) is 4.62. The van der Waals surface area contributed by atoms with Crippen LogP contribution >= 0.6 is 12.4 Å². The molecular formula is C12H16ClN3O3. The first-order valence-electron chi connectivity index (χ1n) is 5.84. The second-order valence-corrected chi connectivity index (χ2v) is 4.30. The molecule has 7 heteroatoms. The molecule has 1 aromatic carbocycles. The molecule has 1 aliphatic heterocycles. The Morgan fingerprint density at radius 3 is 2.58 bits per heavy atom. The predicted octanol–water partition coefficient (Wildman–Crippen LogP) is 1.37. The van der Waals surface area contributed by atoms with Crippen molar-refractivity contribution in [2.45, 2.75) is 6.92 Å². The van der Waals surface area contributed by atoms with Gasteiger partial charge in [-0.05, 0) is 13.0 Å². The molecule has 0 atom stereocenters. The number of amides is 1. The van der Waals surface area contributed by atoms with Crippen molar-refractivity contribution in [1.82, 2.24) is 10.2 Å². The molecule has 0 unspecified atom stereocenters. The van der Waals surface area contributed by atoms with Gasteiger partial charge in [-0.1, -0.05) is 6.07 Å². The van der Waals surface area contributed by atoms with E-state index in [0.717, 1.165) is 13.1 Å². The first-order valence-corrected chi connectivity index (χ1v) is 5.84. The van der Waals surface area contributed by atoms with Crippen molar-refractivity contribution in [3.05, 3.63) is 39.4 Å². The monoisotopic (exact) mass is 285 g/mol. The SMILES string of the molecule is Cc1ccc(C(=O)N2CCNCC2)cc1[N+](=O)[O-].Cl. The van der Waals surface area contributed by atoms with Crippen LogP contribution in [0.3, 0.4) is 0 Å². The summed E-state index contributed by atoms with van der Waals surface area (Å²) in [5.74, 6) is -0.139. The molecule has 0 radical (unpaired) electrons. The van der Waals surface area contributed by atoms with Gasteiger partial charge < -0.3 is 10.2 Å². The van der Waals surface area contributed by atoms with Crippen molar-refractivity contribution in [2.24, 2.45) is 0 Å². The lowest BCUT2D eigenvalue weighted by atomic mass is 10.1. The van der Waals surface area contributed by atoms with E-state index in [1.54, 1.807) is 24.0 Å². The van der Waals surface area contributed by atoms with Crippen LogP contribution < -0.4 is 5.32 Å². The second kappa shape index (κ2) is 6.49. The summed E-state index contributed by atoms with van der Waals surface area (Å²) in [7, 11) is 0. The van der Waals surface area contributed by atoms with Gasteiger partial charge in [0.1, 0.15) is 0 Å². The molecular weight excluding hydrogens is 270 g/mol. The van der Waals surface area contributed by atoms with Gasteiger partial charge in [0, 0.05) is 43.4 Å². The Balaban J connectivity index is 0.00000180. The molecule has 1 aromatic rings. The number of aryl methyl sites for hydroxylation is 1. The van der Waals surface area contributed by atoms with Crippen LogP contribution in [0.2, 0.25) is 0 Å². The minimum absolute atomic E-state index is 0. The van der Waals surface area contributed by atoms with Gasteiger partial charge in [-0.3, -0.25) is 14.9 Å². The number of rotatable bonds is 2. The van der Waals surface area contributed by atoms with Crippen molar-refractivity contribution in [3.8, 4) is 0 Å². The van der Waals surface area contributed by atoms with Crippen molar-refractivity contribution in [2.75, 3.05) is 26.2 Å². The molecule has 0 aromatic heterocycles. The number of nitro benzene ring substituents is 1. The van der Waals surface area contributed by atoms with Crippen LogP contribution in [0.25, 0.3) is 0 Å². The van der Waals surface area contributed by atoms with Gasteiger partial charge in [-0.2, -0.15) is 0 Å². The van der Waals surface area contributed by atoms with E-state index in [1.165, 1.54) is 6.07 Å². The van der Waals surface area contributed by atoms with Crippen LogP contribution in [0.1, 0.15) is 15.9 Å². The fourth-order valence-corrected chi connectivity index (χ4v) is 1.99. The largest absolute Gasteiger partial charge is 0.336 e. The smallest absolute Gasteiger partial charge is 0.273 e. The topological polar surface area (TPSA) is 75.5 Å². The fraction of sp³-hybridized carbons (Fsp3) is 0.417. The zero-order valence-corrected chi connectivity index (χ0v) is 11.4. The zero-order chi connectivity index (χ0) is 13.1. The Morgan fingerprint density at radius 2 is 2.00 bits per heavy atom. The molecule has 1 N–H and O–H groups in total. The van der Waals surface area contributed by atoms with E-state index in [0.29, 0.717) is 24.2 Å². The second-order valence-electron chi connectivity index (χ2n) is 4.30. The molecule has 0 bridgehead atoms. The summed E-state index contributed by atoms with van der Waals surface area (Å²) < 4.78 is 0. The Hall–Kier alpha value is -1.66. The average molecular weight is 286 g/mol. The quantitative estimate of drug-likeness (QED) is 0.658. The molecule has 1 saturated heterocycles. The molecule has 19 heavy (non-hydrogen) atoms. The van der Waals surface area contributed by atoms with Gasteiger partial charge in [0.25, 0.3) is 11.6 Å². The zero-order valence-electron chi connectivity index (χ0n) is 10.6. The van der Waals surface area contributed by atoms with Crippen LogP contribution in [-0.2, 0) is 0 Å². The highest BCUT2D eigenvalue weighted by molar-refractivity contribution is 5.95. The summed E-state index contributed by atoms with van der Waals surface area (Å²) in [5, 5.41) is 14.0. The summed E-state index contributed by atoms with van der Waals surface area (Å²) in [5.41, 5.74) is 0.946. The normalized spacial score (nSPS) is 14.7. The molecule has 1 aliphatic rings. The van der Waals surface area contributed by atoms with E-state index in [9.17, 15) is 14.9 Å². The Labute approximate surface area is 117 Å². The highest BCUT2D eigenvalue weighted by Gasteiger charge is 2.20. The maximum atomic E-state index is 12.2. The Morgan fingerprint density at radius 1 is 1.37 bits per heavy atom. The van der Waals surface area contributed by atoms with Gasteiger partial charge >= 0.3 is 0 Å². The number of hydrogen-bond acceptors (Lipinski definition) is 4. The lowest BCUT2D eigenvalue weighted by Crippen LogP contribution is -2.46. The highest BCUT2D eigenvalue weighted by Crippen LogP contribution is 2.20. The number of halogens is 1. The van der Waals surface area contributed by atoms with Crippen LogP contribution in [0, 0.1) is 17.0 Å². The molecule has 1 fully saturated rings. The number of nitrogens with zero attached hydrogens (tertiary/aromatic N) is 2. The third-order valence-corrected chi connectivity index (χ3v) is 3.06. The van der Waals surface area contributed by atoms with E-state index < -0.39 is 4.92 Å². The number of nitro groups is 1. The summed E-state index contributed by atoms with van der Waals surface area (Å²) in [4.78, 5) is 24.3. The van der Waals surface area contributed by atoms with Gasteiger partial charge in [0.2, 0.25) is 0 Å².